The van der Waals surface area contributed by atoms with Crippen molar-refractivity contribution in [1.29, 1.82) is 0 Å². The molecule has 1 heterocycles. The van der Waals surface area contributed by atoms with Crippen LogP contribution in [-0.4, -0.2) is 15.6 Å². The van der Waals surface area contributed by atoms with E-state index in [1.165, 1.54) is 44.9 Å². The minimum absolute atomic E-state index is 0.363. The first kappa shape index (κ1) is 13.8. The second-order valence-corrected chi connectivity index (χ2v) is 8.14. The highest BCUT2D eigenvalue weighted by atomic mass is 15.2. The quantitative estimate of drug-likeness (QED) is 0.646. The van der Waals surface area contributed by atoms with Gasteiger partial charge in [-0.2, -0.15) is 0 Å². The molecule has 1 unspecified atom stereocenters. The van der Waals surface area contributed by atoms with Crippen molar-refractivity contribution < 1.29 is 0 Å². The Kier molecular flexibility index (Phi) is 3.34. The molecule has 4 aliphatic rings. The van der Waals surface area contributed by atoms with Crippen molar-refractivity contribution >= 4 is 0 Å². The van der Waals surface area contributed by atoms with Crippen molar-refractivity contribution in [3.8, 4) is 0 Å². The highest BCUT2D eigenvalue weighted by Crippen LogP contribution is 2.61. The molecule has 1 atom stereocenters. The van der Waals surface area contributed by atoms with E-state index in [4.69, 9.17) is 5.84 Å². The summed E-state index contributed by atoms with van der Waals surface area (Å²) in [6.45, 7) is 0. The molecule has 4 fully saturated rings. The van der Waals surface area contributed by atoms with Gasteiger partial charge in [-0.3, -0.25) is 11.3 Å². The smallest absolute Gasteiger partial charge is 0.109 e. The van der Waals surface area contributed by atoms with Crippen molar-refractivity contribution in [3.63, 3.8) is 0 Å². The SMILES string of the molecule is Cn1ccnc1CC(CC12CC3CC(CC(C3)C1)C2)NN. The third-order valence-corrected chi connectivity index (χ3v) is 6.43. The fraction of sp³-hybridized carbons (Fsp3) is 0.824. The molecule has 0 spiro atoms. The lowest BCUT2D eigenvalue weighted by molar-refractivity contribution is -0.0621. The molecule has 4 nitrogen and oxygen atoms in total. The van der Waals surface area contributed by atoms with Gasteiger partial charge in [0.15, 0.2) is 0 Å². The lowest BCUT2D eigenvalue weighted by Gasteiger charge is -2.57. The lowest BCUT2D eigenvalue weighted by atomic mass is 9.48. The maximum Gasteiger partial charge on any atom is 0.109 e. The van der Waals surface area contributed by atoms with Gasteiger partial charge >= 0.3 is 0 Å². The fourth-order valence-electron chi connectivity index (χ4n) is 6.07. The van der Waals surface area contributed by atoms with Gasteiger partial charge in [0, 0.05) is 31.9 Å². The molecule has 3 N–H and O–H groups in total. The third-order valence-electron chi connectivity index (χ3n) is 6.43. The number of aryl methyl sites for hydroxylation is 1. The number of hydrogen-bond acceptors (Lipinski definition) is 3. The maximum absolute atomic E-state index is 5.88. The Hall–Kier alpha value is -0.870. The summed E-state index contributed by atoms with van der Waals surface area (Å²) >= 11 is 0. The van der Waals surface area contributed by atoms with E-state index in [1.54, 1.807) is 0 Å². The van der Waals surface area contributed by atoms with E-state index in [2.05, 4.69) is 22.0 Å². The summed E-state index contributed by atoms with van der Waals surface area (Å²) in [6, 6.07) is 0.363. The van der Waals surface area contributed by atoms with Crippen molar-refractivity contribution in [2.45, 2.75) is 57.4 Å². The van der Waals surface area contributed by atoms with E-state index in [-0.39, 0.29) is 0 Å². The molecule has 1 aromatic rings. The van der Waals surface area contributed by atoms with E-state index in [0.717, 1.165) is 30.0 Å². The van der Waals surface area contributed by atoms with Crippen molar-refractivity contribution in [2.75, 3.05) is 0 Å². The standard InChI is InChI=1S/C17H28N4/c1-21-3-2-19-16(21)7-15(20-18)11-17-8-12-4-13(9-17)6-14(5-12)10-17/h2-3,12-15,20H,4-11,18H2,1H3. The number of hydrogen-bond donors (Lipinski definition) is 2. The summed E-state index contributed by atoms with van der Waals surface area (Å²) in [4.78, 5) is 4.47. The largest absolute Gasteiger partial charge is 0.338 e. The molecule has 0 aromatic carbocycles. The summed E-state index contributed by atoms with van der Waals surface area (Å²) in [5.74, 6) is 10.1. The topological polar surface area (TPSA) is 55.9 Å². The summed E-state index contributed by atoms with van der Waals surface area (Å²) in [5.41, 5.74) is 3.67. The predicted octanol–water partition coefficient (Wildman–Crippen LogP) is 2.40. The zero-order valence-corrected chi connectivity index (χ0v) is 13.1. The number of rotatable bonds is 5. The van der Waals surface area contributed by atoms with Gasteiger partial charge in [0.1, 0.15) is 5.82 Å². The van der Waals surface area contributed by atoms with Crippen LogP contribution in [0.1, 0.15) is 50.8 Å². The minimum atomic E-state index is 0.363. The molecule has 0 saturated heterocycles. The van der Waals surface area contributed by atoms with Crippen LogP contribution in [0.25, 0.3) is 0 Å². The average molecular weight is 288 g/mol. The normalized spacial score (nSPS) is 38.9. The van der Waals surface area contributed by atoms with Gasteiger partial charge in [-0.1, -0.05) is 0 Å². The summed E-state index contributed by atoms with van der Waals surface area (Å²) < 4.78 is 2.12. The van der Waals surface area contributed by atoms with Crippen molar-refractivity contribution in [1.82, 2.24) is 15.0 Å². The van der Waals surface area contributed by atoms with Crippen molar-refractivity contribution in [3.05, 3.63) is 18.2 Å². The van der Waals surface area contributed by atoms with Crippen LogP contribution < -0.4 is 11.3 Å². The van der Waals surface area contributed by atoms with E-state index in [9.17, 15) is 0 Å². The van der Waals surface area contributed by atoms with E-state index < -0.39 is 0 Å². The second-order valence-electron chi connectivity index (χ2n) is 8.14. The van der Waals surface area contributed by atoms with Crippen LogP contribution >= 0.6 is 0 Å². The Morgan fingerprint density at radius 2 is 1.90 bits per heavy atom. The van der Waals surface area contributed by atoms with Crippen molar-refractivity contribution in [2.24, 2.45) is 36.1 Å². The zero-order chi connectivity index (χ0) is 14.4. The van der Waals surface area contributed by atoms with Crippen LogP contribution in [0.2, 0.25) is 0 Å². The Morgan fingerprint density at radius 1 is 1.29 bits per heavy atom. The van der Waals surface area contributed by atoms with Crippen LogP contribution in [0.4, 0.5) is 0 Å². The first-order valence-electron chi connectivity index (χ1n) is 8.58. The van der Waals surface area contributed by atoms with Crippen LogP contribution in [0.3, 0.4) is 0 Å². The highest BCUT2D eigenvalue weighted by molar-refractivity contribution is 5.04. The van der Waals surface area contributed by atoms with E-state index in [1.807, 2.05) is 12.4 Å². The molecule has 4 aliphatic carbocycles. The number of hydrazine groups is 1. The van der Waals surface area contributed by atoms with Gasteiger partial charge in [0.05, 0.1) is 0 Å². The van der Waals surface area contributed by atoms with Crippen LogP contribution in [0.5, 0.6) is 0 Å². The molecule has 4 saturated carbocycles. The summed E-state index contributed by atoms with van der Waals surface area (Å²) in [7, 11) is 2.07. The van der Waals surface area contributed by atoms with Gasteiger partial charge in [-0.05, 0) is 68.1 Å². The number of nitrogens with two attached hydrogens (primary N) is 1. The summed E-state index contributed by atoms with van der Waals surface area (Å²) in [6.07, 6.45) is 15.0. The van der Waals surface area contributed by atoms with Gasteiger partial charge in [-0.25, -0.2) is 4.98 Å². The molecule has 1 aromatic heterocycles. The highest BCUT2D eigenvalue weighted by Gasteiger charge is 2.51. The molecular formula is C17H28N4. The maximum atomic E-state index is 5.88. The Balaban J connectivity index is 1.47. The first-order chi connectivity index (χ1) is 10.2. The zero-order valence-electron chi connectivity index (χ0n) is 13.1. The molecule has 4 heteroatoms. The first-order valence-corrected chi connectivity index (χ1v) is 8.58. The van der Waals surface area contributed by atoms with Gasteiger partial charge in [0.2, 0.25) is 0 Å². The third kappa shape index (κ3) is 2.53. The lowest BCUT2D eigenvalue weighted by Crippen LogP contribution is -2.50. The van der Waals surface area contributed by atoms with Gasteiger partial charge in [0.25, 0.3) is 0 Å². The Morgan fingerprint density at radius 3 is 2.38 bits per heavy atom. The number of imidazole rings is 1. The van der Waals surface area contributed by atoms with E-state index >= 15 is 0 Å². The summed E-state index contributed by atoms with van der Waals surface area (Å²) in [5, 5.41) is 0. The second kappa shape index (κ2) is 5.10. The molecular weight excluding hydrogens is 260 g/mol. The van der Waals surface area contributed by atoms with Gasteiger partial charge in [-0.15, -0.1) is 0 Å². The number of aromatic nitrogens is 2. The fourth-order valence-corrected chi connectivity index (χ4v) is 6.07. The Labute approximate surface area is 127 Å². The Bertz CT molecular complexity index is 471. The number of nitrogens with zero attached hydrogens (tertiary/aromatic N) is 2. The molecule has 116 valence electrons. The van der Waals surface area contributed by atoms with E-state index in [0.29, 0.717) is 11.5 Å². The molecule has 0 radical (unpaired) electrons. The molecule has 21 heavy (non-hydrogen) atoms. The average Bonchev–Trinajstić information content (AvgIpc) is 2.81. The monoisotopic (exact) mass is 288 g/mol. The number of nitrogens with one attached hydrogen (secondary N) is 1. The minimum Gasteiger partial charge on any atom is -0.338 e. The predicted molar refractivity (Wildman–Crippen MR) is 83.2 cm³/mol. The van der Waals surface area contributed by atoms with Crippen LogP contribution in [-0.2, 0) is 13.5 Å². The van der Waals surface area contributed by atoms with Crippen LogP contribution in [0.15, 0.2) is 12.4 Å². The molecule has 5 rings (SSSR count). The van der Waals surface area contributed by atoms with Crippen LogP contribution in [0, 0.1) is 23.2 Å². The van der Waals surface area contributed by atoms with Gasteiger partial charge < -0.3 is 4.57 Å². The molecule has 0 aliphatic heterocycles. The molecule has 0 amide bonds. The molecule has 4 bridgehead atoms.